The molecule has 0 saturated heterocycles. The summed E-state index contributed by atoms with van der Waals surface area (Å²) in [7, 11) is -4.03. The normalized spacial score (nSPS) is 30.5. The summed E-state index contributed by atoms with van der Waals surface area (Å²) < 4.78 is 31.1. The van der Waals surface area contributed by atoms with Crippen molar-refractivity contribution in [3.8, 4) is 0 Å². The second kappa shape index (κ2) is 3.25. The van der Waals surface area contributed by atoms with Gasteiger partial charge in [-0.1, -0.05) is 18.2 Å². The van der Waals surface area contributed by atoms with Crippen LogP contribution in [0, 0.1) is 0 Å². The van der Waals surface area contributed by atoms with Gasteiger partial charge >= 0.3 is 0 Å². The highest BCUT2D eigenvalue weighted by atomic mass is 32.2. The van der Waals surface area contributed by atoms with Crippen LogP contribution in [-0.4, -0.2) is 24.3 Å². The third-order valence-corrected chi connectivity index (χ3v) is 3.49. The van der Waals surface area contributed by atoms with E-state index in [9.17, 15) is 8.42 Å². The fourth-order valence-electron chi connectivity index (χ4n) is 1.76. The van der Waals surface area contributed by atoms with Crippen molar-refractivity contribution in [3.05, 3.63) is 36.1 Å². The number of allylic oxidation sites excluding steroid dienone is 2. The van der Waals surface area contributed by atoms with Gasteiger partial charge in [-0.2, -0.15) is 8.42 Å². The van der Waals surface area contributed by atoms with E-state index in [1.165, 1.54) is 6.08 Å². The predicted molar refractivity (Wildman–Crippen MR) is 53.2 cm³/mol. The maximum absolute atomic E-state index is 11.1. The number of fused-ring (bicyclic) bond motifs is 1. The van der Waals surface area contributed by atoms with Gasteiger partial charge in [0.2, 0.25) is 0 Å². The maximum atomic E-state index is 11.1. The van der Waals surface area contributed by atoms with E-state index in [1.807, 2.05) is 0 Å². The van der Waals surface area contributed by atoms with Crippen molar-refractivity contribution < 1.29 is 13.0 Å². The molecule has 2 unspecified atom stereocenters. The first-order valence-electron chi connectivity index (χ1n) is 4.34. The molecular weight excluding hydrogens is 202 g/mol. The summed E-state index contributed by atoms with van der Waals surface area (Å²) in [6, 6.07) is -0.00285. The molecule has 0 bridgehead atoms. The SMILES string of the molecule is O=S(=O)(O)C1C=CCC2NC=CC=C21. The Labute approximate surface area is 82.8 Å². The van der Waals surface area contributed by atoms with Gasteiger partial charge in [0.1, 0.15) is 5.25 Å². The molecule has 0 aromatic heterocycles. The lowest BCUT2D eigenvalue weighted by Gasteiger charge is -2.28. The smallest absolute Gasteiger partial charge is 0.275 e. The second-order valence-corrected chi connectivity index (χ2v) is 4.88. The van der Waals surface area contributed by atoms with Gasteiger partial charge in [0.05, 0.1) is 6.04 Å². The molecule has 0 fully saturated rings. The van der Waals surface area contributed by atoms with E-state index in [0.29, 0.717) is 5.57 Å². The Kier molecular flexibility index (Phi) is 2.20. The van der Waals surface area contributed by atoms with Gasteiger partial charge in [-0.05, 0) is 24.3 Å². The Balaban J connectivity index is 2.42. The molecule has 2 aliphatic rings. The highest BCUT2D eigenvalue weighted by molar-refractivity contribution is 7.86. The quantitative estimate of drug-likeness (QED) is 0.495. The lowest BCUT2D eigenvalue weighted by atomic mass is 9.93. The van der Waals surface area contributed by atoms with E-state index >= 15 is 0 Å². The minimum atomic E-state index is -4.03. The van der Waals surface area contributed by atoms with E-state index < -0.39 is 15.4 Å². The Morgan fingerprint density at radius 2 is 2.29 bits per heavy atom. The zero-order valence-corrected chi connectivity index (χ0v) is 8.24. The first-order valence-corrected chi connectivity index (χ1v) is 5.85. The zero-order valence-electron chi connectivity index (χ0n) is 7.42. The van der Waals surface area contributed by atoms with Gasteiger partial charge in [0.15, 0.2) is 0 Å². The number of rotatable bonds is 1. The third kappa shape index (κ3) is 1.60. The molecule has 76 valence electrons. The Bertz CT molecular complexity index is 419. The van der Waals surface area contributed by atoms with Crippen molar-refractivity contribution >= 4 is 10.1 Å². The van der Waals surface area contributed by atoms with Crippen LogP contribution >= 0.6 is 0 Å². The number of hydrogen-bond donors (Lipinski definition) is 2. The molecule has 0 amide bonds. The third-order valence-electron chi connectivity index (χ3n) is 2.42. The first-order chi connectivity index (χ1) is 6.59. The minimum absolute atomic E-state index is 0.00285. The van der Waals surface area contributed by atoms with E-state index in [4.69, 9.17) is 4.55 Å². The van der Waals surface area contributed by atoms with Crippen LogP contribution in [0.1, 0.15) is 6.42 Å². The van der Waals surface area contributed by atoms with Crippen LogP contribution in [0.5, 0.6) is 0 Å². The minimum Gasteiger partial charge on any atom is -0.384 e. The fraction of sp³-hybridized carbons (Fsp3) is 0.333. The van der Waals surface area contributed by atoms with Crippen LogP contribution in [-0.2, 0) is 10.1 Å². The van der Waals surface area contributed by atoms with Crippen molar-refractivity contribution in [3.63, 3.8) is 0 Å². The van der Waals surface area contributed by atoms with Crippen LogP contribution in [0.25, 0.3) is 0 Å². The Morgan fingerprint density at radius 3 is 3.00 bits per heavy atom. The average Bonchev–Trinajstić information content (AvgIpc) is 2.15. The maximum Gasteiger partial charge on any atom is 0.275 e. The highest BCUT2D eigenvalue weighted by Crippen LogP contribution is 2.25. The van der Waals surface area contributed by atoms with Crippen molar-refractivity contribution in [2.24, 2.45) is 0 Å². The number of dihydropyridines is 1. The molecule has 4 nitrogen and oxygen atoms in total. The van der Waals surface area contributed by atoms with Crippen molar-refractivity contribution in [1.82, 2.24) is 5.32 Å². The van der Waals surface area contributed by atoms with Crippen LogP contribution in [0.3, 0.4) is 0 Å². The van der Waals surface area contributed by atoms with E-state index in [0.717, 1.165) is 6.42 Å². The molecule has 0 saturated carbocycles. The average molecular weight is 213 g/mol. The van der Waals surface area contributed by atoms with Gasteiger partial charge in [0, 0.05) is 0 Å². The summed E-state index contributed by atoms with van der Waals surface area (Å²) in [5.74, 6) is 0. The lowest BCUT2D eigenvalue weighted by molar-refractivity contribution is 0.473. The number of nitrogens with one attached hydrogen (secondary N) is 1. The molecule has 2 atom stereocenters. The molecule has 2 N–H and O–H groups in total. The molecular formula is C9H11NO3S. The summed E-state index contributed by atoms with van der Waals surface area (Å²) >= 11 is 0. The Hall–Kier alpha value is -1.07. The molecule has 0 spiro atoms. The molecule has 2 rings (SSSR count). The van der Waals surface area contributed by atoms with Gasteiger partial charge in [-0.25, -0.2) is 0 Å². The van der Waals surface area contributed by atoms with E-state index in [1.54, 1.807) is 24.4 Å². The summed E-state index contributed by atoms with van der Waals surface area (Å²) in [6.07, 6.45) is 9.30. The summed E-state index contributed by atoms with van der Waals surface area (Å²) in [4.78, 5) is 0. The largest absolute Gasteiger partial charge is 0.384 e. The summed E-state index contributed by atoms with van der Waals surface area (Å²) in [5, 5.41) is 2.16. The topological polar surface area (TPSA) is 66.4 Å². The number of hydrogen-bond acceptors (Lipinski definition) is 3. The van der Waals surface area contributed by atoms with Crippen LogP contribution in [0.2, 0.25) is 0 Å². The summed E-state index contributed by atoms with van der Waals surface area (Å²) in [6.45, 7) is 0. The van der Waals surface area contributed by atoms with Gasteiger partial charge < -0.3 is 5.32 Å². The fourth-order valence-corrected chi connectivity index (χ4v) is 2.66. The van der Waals surface area contributed by atoms with Gasteiger partial charge in [-0.15, -0.1) is 0 Å². The van der Waals surface area contributed by atoms with Gasteiger partial charge in [0.25, 0.3) is 10.1 Å². The monoisotopic (exact) mass is 213 g/mol. The molecule has 14 heavy (non-hydrogen) atoms. The zero-order chi connectivity index (χ0) is 10.2. The van der Waals surface area contributed by atoms with Crippen molar-refractivity contribution in [2.75, 3.05) is 0 Å². The molecule has 1 aliphatic heterocycles. The molecule has 1 heterocycles. The highest BCUT2D eigenvalue weighted by Gasteiger charge is 2.32. The lowest BCUT2D eigenvalue weighted by Crippen LogP contribution is -2.38. The molecule has 0 radical (unpaired) electrons. The standard InChI is InChI=1S/C9H11NO3S/c11-14(12,13)9-5-1-4-8-7(9)3-2-6-10-8/h1-3,5-6,8-10H,4H2,(H,11,12,13). The predicted octanol–water partition coefficient (Wildman–Crippen LogP) is 0.615. The van der Waals surface area contributed by atoms with Crippen LogP contribution in [0.15, 0.2) is 36.1 Å². The van der Waals surface area contributed by atoms with E-state index in [2.05, 4.69) is 5.32 Å². The first kappa shape index (κ1) is 9.48. The van der Waals surface area contributed by atoms with Crippen molar-refractivity contribution in [1.29, 1.82) is 0 Å². The van der Waals surface area contributed by atoms with Gasteiger partial charge in [-0.3, -0.25) is 4.55 Å². The molecule has 0 aromatic carbocycles. The molecule has 1 aliphatic carbocycles. The van der Waals surface area contributed by atoms with Crippen LogP contribution in [0.4, 0.5) is 0 Å². The summed E-state index contributed by atoms with van der Waals surface area (Å²) in [5.41, 5.74) is 0.706. The van der Waals surface area contributed by atoms with Crippen LogP contribution < -0.4 is 5.32 Å². The van der Waals surface area contributed by atoms with Crippen molar-refractivity contribution in [2.45, 2.75) is 17.7 Å². The molecule has 5 heteroatoms. The Morgan fingerprint density at radius 1 is 1.50 bits per heavy atom. The molecule has 0 aromatic rings. The second-order valence-electron chi connectivity index (χ2n) is 3.34. The van der Waals surface area contributed by atoms with E-state index in [-0.39, 0.29) is 6.04 Å².